The first-order valence-corrected chi connectivity index (χ1v) is 5.94. The van der Waals surface area contributed by atoms with Crippen molar-refractivity contribution >= 4 is 0 Å². The van der Waals surface area contributed by atoms with E-state index in [4.69, 9.17) is 5.26 Å². The fourth-order valence-corrected chi connectivity index (χ4v) is 1.66. The van der Waals surface area contributed by atoms with Gasteiger partial charge in [0.05, 0.1) is 12.1 Å². The molecule has 4 nitrogen and oxygen atoms in total. The molecule has 0 radical (unpaired) electrons. The van der Waals surface area contributed by atoms with Crippen molar-refractivity contribution in [2.75, 3.05) is 6.54 Å². The Morgan fingerprint density at radius 3 is 3.00 bits per heavy atom. The number of hydrogen-bond acceptors (Lipinski definition) is 3. The van der Waals surface area contributed by atoms with Gasteiger partial charge < -0.3 is 9.88 Å². The van der Waals surface area contributed by atoms with Crippen LogP contribution in [0.4, 0.5) is 0 Å². The van der Waals surface area contributed by atoms with Gasteiger partial charge in [-0.15, -0.1) is 0 Å². The third kappa shape index (κ3) is 3.67. The van der Waals surface area contributed by atoms with E-state index in [1.807, 2.05) is 12.4 Å². The molecule has 0 saturated heterocycles. The standard InChI is InChI=1S/C12H20N4/c1-3-6-14-11(10-13)5-8-16-9-7-15-12(16)4-2/h7,9,11,14H,3-6,8H2,1-2H3. The van der Waals surface area contributed by atoms with Crippen molar-refractivity contribution in [1.82, 2.24) is 14.9 Å². The van der Waals surface area contributed by atoms with Crippen LogP contribution < -0.4 is 5.32 Å². The molecule has 1 heterocycles. The second kappa shape index (κ2) is 7.02. The van der Waals surface area contributed by atoms with Crippen LogP contribution in [0.1, 0.15) is 32.5 Å². The van der Waals surface area contributed by atoms with Crippen molar-refractivity contribution in [1.29, 1.82) is 5.26 Å². The molecule has 88 valence electrons. The highest BCUT2D eigenvalue weighted by Gasteiger charge is 2.07. The molecule has 16 heavy (non-hydrogen) atoms. The number of imidazole rings is 1. The summed E-state index contributed by atoms with van der Waals surface area (Å²) in [4.78, 5) is 4.26. The van der Waals surface area contributed by atoms with Gasteiger partial charge in [-0.3, -0.25) is 0 Å². The molecule has 0 aliphatic carbocycles. The van der Waals surface area contributed by atoms with Crippen molar-refractivity contribution in [3.63, 3.8) is 0 Å². The van der Waals surface area contributed by atoms with E-state index >= 15 is 0 Å². The normalized spacial score (nSPS) is 12.3. The highest BCUT2D eigenvalue weighted by molar-refractivity contribution is 4.94. The second-order valence-corrected chi connectivity index (χ2v) is 3.81. The van der Waals surface area contributed by atoms with Crippen molar-refractivity contribution in [2.45, 2.75) is 45.7 Å². The maximum absolute atomic E-state index is 8.97. The number of nitriles is 1. The molecule has 1 unspecified atom stereocenters. The molecule has 0 aliphatic rings. The first-order valence-electron chi connectivity index (χ1n) is 5.94. The summed E-state index contributed by atoms with van der Waals surface area (Å²) in [5, 5.41) is 12.2. The molecule has 0 aromatic carbocycles. The number of hydrogen-bond donors (Lipinski definition) is 1. The van der Waals surface area contributed by atoms with Gasteiger partial charge in [0.2, 0.25) is 0 Å². The number of aromatic nitrogens is 2. The summed E-state index contributed by atoms with van der Waals surface area (Å²) in [7, 11) is 0. The lowest BCUT2D eigenvalue weighted by atomic mass is 10.2. The average molecular weight is 220 g/mol. The lowest BCUT2D eigenvalue weighted by Gasteiger charge is -2.12. The minimum Gasteiger partial charge on any atom is -0.335 e. The molecule has 0 bridgehead atoms. The van der Waals surface area contributed by atoms with Gasteiger partial charge in [0.25, 0.3) is 0 Å². The zero-order valence-corrected chi connectivity index (χ0v) is 10.1. The van der Waals surface area contributed by atoms with Crippen LogP contribution >= 0.6 is 0 Å². The molecule has 1 N–H and O–H groups in total. The molecule has 1 atom stereocenters. The van der Waals surface area contributed by atoms with Crippen LogP contribution in [0, 0.1) is 11.3 Å². The monoisotopic (exact) mass is 220 g/mol. The first kappa shape index (κ1) is 12.7. The lowest BCUT2D eigenvalue weighted by molar-refractivity contribution is 0.508. The summed E-state index contributed by atoms with van der Waals surface area (Å²) < 4.78 is 2.12. The number of aryl methyl sites for hydroxylation is 2. The molecule has 1 aromatic rings. The SMILES string of the molecule is CCCNC(C#N)CCn1ccnc1CC. The van der Waals surface area contributed by atoms with Crippen LogP contribution in [-0.4, -0.2) is 22.1 Å². The number of rotatable bonds is 7. The van der Waals surface area contributed by atoms with Crippen LogP contribution in [0.2, 0.25) is 0 Å². The zero-order valence-electron chi connectivity index (χ0n) is 10.1. The molecule has 4 heteroatoms. The molecule has 0 fully saturated rings. The summed E-state index contributed by atoms with van der Waals surface area (Å²) in [6.45, 7) is 5.96. The summed E-state index contributed by atoms with van der Waals surface area (Å²) >= 11 is 0. The molecule has 1 rings (SSSR count). The van der Waals surface area contributed by atoms with Gasteiger partial charge in [-0.05, 0) is 19.4 Å². The largest absolute Gasteiger partial charge is 0.335 e. The molecule has 0 saturated carbocycles. The molecule has 0 amide bonds. The van der Waals surface area contributed by atoms with E-state index in [0.29, 0.717) is 0 Å². The number of nitrogens with zero attached hydrogens (tertiary/aromatic N) is 3. The average Bonchev–Trinajstić information content (AvgIpc) is 2.77. The van der Waals surface area contributed by atoms with Crippen LogP contribution in [-0.2, 0) is 13.0 Å². The Labute approximate surface area is 97.3 Å². The summed E-state index contributed by atoms with van der Waals surface area (Å²) in [5.74, 6) is 1.09. The minimum absolute atomic E-state index is 0.0490. The van der Waals surface area contributed by atoms with E-state index in [1.54, 1.807) is 0 Å². The van der Waals surface area contributed by atoms with E-state index in [2.05, 4.69) is 34.8 Å². The highest BCUT2D eigenvalue weighted by atomic mass is 15.1. The highest BCUT2D eigenvalue weighted by Crippen LogP contribution is 2.02. The predicted molar refractivity (Wildman–Crippen MR) is 63.9 cm³/mol. The van der Waals surface area contributed by atoms with Gasteiger partial charge in [0.1, 0.15) is 5.82 Å². The predicted octanol–water partition coefficient (Wildman–Crippen LogP) is 1.73. The van der Waals surface area contributed by atoms with Crippen molar-refractivity contribution in [3.05, 3.63) is 18.2 Å². The summed E-state index contributed by atoms with van der Waals surface area (Å²) in [5.41, 5.74) is 0. The van der Waals surface area contributed by atoms with Crippen molar-refractivity contribution < 1.29 is 0 Å². The maximum atomic E-state index is 8.97. The van der Waals surface area contributed by atoms with Crippen LogP contribution in [0.5, 0.6) is 0 Å². The van der Waals surface area contributed by atoms with E-state index in [0.717, 1.165) is 38.2 Å². The Morgan fingerprint density at radius 2 is 2.38 bits per heavy atom. The second-order valence-electron chi connectivity index (χ2n) is 3.81. The van der Waals surface area contributed by atoms with Gasteiger partial charge >= 0.3 is 0 Å². The molecular formula is C12H20N4. The Kier molecular flexibility index (Phi) is 5.58. The first-order chi connectivity index (χ1) is 7.81. The third-order valence-corrected chi connectivity index (χ3v) is 2.57. The molecule has 1 aromatic heterocycles. The smallest absolute Gasteiger partial charge is 0.108 e. The van der Waals surface area contributed by atoms with Crippen molar-refractivity contribution in [3.8, 4) is 6.07 Å². The fourth-order valence-electron chi connectivity index (χ4n) is 1.66. The molecule has 0 aliphatic heterocycles. The summed E-state index contributed by atoms with van der Waals surface area (Å²) in [6.07, 6.45) is 6.63. The van der Waals surface area contributed by atoms with Gasteiger partial charge in [0, 0.05) is 25.4 Å². The minimum atomic E-state index is -0.0490. The zero-order chi connectivity index (χ0) is 11.8. The third-order valence-electron chi connectivity index (χ3n) is 2.57. The maximum Gasteiger partial charge on any atom is 0.108 e. The van der Waals surface area contributed by atoms with Crippen LogP contribution in [0.15, 0.2) is 12.4 Å². The van der Waals surface area contributed by atoms with E-state index in [-0.39, 0.29) is 6.04 Å². The quantitative estimate of drug-likeness (QED) is 0.761. The Balaban J connectivity index is 2.40. The van der Waals surface area contributed by atoms with Gasteiger partial charge in [0.15, 0.2) is 0 Å². The summed E-state index contributed by atoms with van der Waals surface area (Å²) in [6, 6.07) is 2.24. The van der Waals surface area contributed by atoms with Gasteiger partial charge in [-0.2, -0.15) is 5.26 Å². The van der Waals surface area contributed by atoms with Crippen LogP contribution in [0.25, 0.3) is 0 Å². The van der Waals surface area contributed by atoms with E-state index < -0.39 is 0 Å². The Morgan fingerprint density at radius 1 is 1.56 bits per heavy atom. The Hall–Kier alpha value is -1.34. The van der Waals surface area contributed by atoms with E-state index in [1.165, 1.54) is 0 Å². The van der Waals surface area contributed by atoms with Crippen LogP contribution in [0.3, 0.4) is 0 Å². The number of nitrogens with one attached hydrogen (secondary N) is 1. The van der Waals surface area contributed by atoms with E-state index in [9.17, 15) is 0 Å². The molecular weight excluding hydrogens is 200 g/mol. The Bertz CT molecular complexity index is 337. The lowest BCUT2D eigenvalue weighted by Crippen LogP contribution is -2.29. The topological polar surface area (TPSA) is 53.6 Å². The molecule has 0 spiro atoms. The van der Waals surface area contributed by atoms with Gasteiger partial charge in [-0.25, -0.2) is 4.98 Å². The van der Waals surface area contributed by atoms with Crippen molar-refractivity contribution in [2.24, 2.45) is 0 Å². The van der Waals surface area contributed by atoms with Gasteiger partial charge in [-0.1, -0.05) is 13.8 Å². The fraction of sp³-hybridized carbons (Fsp3) is 0.667.